The maximum Gasteiger partial charge on any atom is 0.322 e. The molecule has 1 saturated heterocycles. The molecule has 0 atom stereocenters. The maximum absolute atomic E-state index is 13.1. The summed E-state index contributed by atoms with van der Waals surface area (Å²) in [6.07, 6.45) is 8.24. The third-order valence-electron chi connectivity index (χ3n) is 6.94. The molecule has 0 bridgehead atoms. The van der Waals surface area contributed by atoms with E-state index in [4.69, 9.17) is 9.72 Å². The van der Waals surface area contributed by atoms with Crippen LogP contribution >= 0.6 is 0 Å². The van der Waals surface area contributed by atoms with Crippen molar-refractivity contribution in [3.63, 3.8) is 0 Å². The lowest BCUT2D eigenvalue weighted by Gasteiger charge is -2.26. The Morgan fingerprint density at radius 3 is 2.60 bits per heavy atom. The van der Waals surface area contributed by atoms with Crippen molar-refractivity contribution < 1.29 is 14.3 Å². The molecular weight excluding hydrogens is 512 g/mol. The number of ether oxygens (including phenoxy) is 1. The summed E-state index contributed by atoms with van der Waals surface area (Å²) in [5.41, 5.74) is 4.91. The van der Waals surface area contributed by atoms with Crippen LogP contribution in [-0.2, 0) is 4.74 Å². The average Bonchev–Trinajstić information content (AvgIpc) is 3.62. The molecule has 5 aromatic rings. The zero-order valence-corrected chi connectivity index (χ0v) is 22.1. The number of aromatic nitrogens is 7. The number of carbonyl (C=O) groups is 2. The summed E-state index contributed by atoms with van der Waals surface area (Å²) in [5.74, 6) is 0.372. The quantitative estimate of drug-likeness (QED) is 0.296. The smallest absolute Gasteiger partial charge is 0.322 e. The molecule has 3 N–H and O–H groups in total. The van der Waals surface area contributed by atoms with Crippen LogP contribution in [0.1, 0.15) is 24.2 Å². The molecule has 6 rings (SSSR count). The van der Waals surface area contributed by atoms with Gasteiger partial charge in [0.1, 0.15) is 11.2 Å². The summed E-state index contributed by atoms with van der Waals surface area (Å²) in [4.78, 5) is 50.3. The minimum atomic E-state index is -0.189. The molecule has 0 saturated carbocycles. The molecule has 3 amide bonds. The van der Waals surface area contributed by atoms with E-state index >= 15 is 0 Å². The molecule has 0 radical (unpaired) electrons. The number of amides is 3. The number of carbonyl (C=O) groups excluding carboxylic acids is 2. The molecule has 13 heteroatoms. The predicted octanol–water partition coefficient (Wildman–Crippen LogP) is 3.30. The van der Waals surface area contributed by atoms with Crippen LogP contribution in [-0.4, -0.2) is 96.2 Å². The van der Waals surface area contributed by atoms with E-state index in [0.29, 0.717) is 78.8 Å². The summed E-state index contributed by atoms with van der Waals surface area (Å²) in [6, 6.07) is 3.61. The minimum absolute atomic E-state index is 0.120. The van der Waals surface area contributed by atoms with E-state index in [9.17, 15) is 9.59 Å². The zero-order chi connectivity index (χ0) is 27.6. The van der Waals surface area contributed by atoms with E-state index in [2.05, 4.69) is 35.5 Å². The number of hydrogen-bond acceptors (Lipinski definition) is 8. The second-order valence-electron chi connectivity index (χ2n) is 9.33. The number of pyridine rings is 3. The SMILES string of the molecule is CCN(CC)C(=O)c1cncc2[nH]c(-c3n[nH]c4ncc(-c5cncc(NC(=O)N6CCOCC6)c5)cc34)nc12. The number of nitrogens with zero attached hydrogens (tertiary/aromatic N) is 7. The summed E-state index contributed by atoms with van der Waals surface area (Å²) < 4.78 is 5.32. The van der Waals surface area contributed by atoms with Crippen molar-refractivity contribution in [2.24, 2.45) is 0 Å². The average molecular weight is 541 g/mol. The third-order valence-corrected chi connectivity index (χ3v) is 6.94. The first-order chi connectivity index (χ1) is 19.6. The summed E-state index contributed by atoms with van der Waals surface area (Å²) in [6.45, 7) is 7.21. The molecule has 0 unspecified atom stereocenters. The van der Waals surface area contributed by atoms with Gasteiger partial charge >= 0.3 is 6.03 Å². The van der Waals surface area contributed by atoms with Gasteiger partial charge in [0.2, 0.25) is 0 Å². The summed E-state index contributed by atoms with van der Waals surface area (Å²) >= 11 is 0. The van der Waals surface area contributed by atoms with Gasteiger partial charge in [0, 0.05) is 55.9 Å². The van der Waals surface area contributed by atoms with Crippen LogP contribution in [0.3, 0.4) is 0 Å². The Labute approximate surface area is 229 Å². The molecule has 5 aromatic heterocycles. The topological polar surface area (TPSA) is 158 Å². The van der Waals surface area contributed by atoms with Gasteiger partial charge in [-0.05, 0) is 26.0 Å². The van der Waals surface area contributed by atoms with Crippen molar-refractivity contribution in [1.29, 1.82) is 0 Å². The highest BCUT2D eigenvalue weighted by atomic mass is 16.5. The van der Waals surface area contributed by atoms with Gasteiger partial charge in [-0.2, -0.15) is 5.10 Å². The lowest BCUT2D eigenvalue weighted by atomic mass is 10.1. The Hall–Kier alpha value is -4.91. The molecule has 204 valence electrons. The molecule has 0 spiro atoms. The van der Waals surface area contributed by atoms with E-state index in [-0.39, 0.29) is 11.9 Å². The van der Waals surface area contributed by atoms with E-state index in [1.165, 1.54) is 0 Å². The number of anilines is 1. The molecule has 0 aliphatic carbocycles. The molecule has 40 heavy (non-hydrogen) atoms. The number of imidazole rings is 1. The van der Waals surface area contributed by atoms with Crippen molar-refractivity contribution in [2.45, 2.75) is 13.8 Å². The Morgan fingerprint density at radius 2 is 1.80 bits per heavy atom. The lowest BCUT2D eigenvalue weighted by molar-refractivity contribution is 0.0564. The van der Waals surface area contributed by atoms with Gasteiger partial charge < -0.3 is 24.8 Å². The predicted molar refractivity (Wildman–Crippen MR) is 149 cm³/mol. The van der Waals surface area contributed by atoms with Crippen LogP contribution in [0.4, 0.5) is 10.5 Å². The van der Waals surface area contributed by atoms with Gasteiger partial charge in [-0.1, -0.05) is 0 Å². The molecule has 1 aliphatic heterocycles. The Bertz CT molecular complexity index is 1700. The van der Waals surface area contributed by atoms with Gasteiger partial charge in [0.05, 0.1) is 47.8 Å². The normalized spacial score (nSPS) is 13.6. The Balaban J connectivity index is 1.32. The molecule has 13 nitrogen and oxygen atoms in total. The largest absolute Gasteiger partial charge is 0.378 e. The van der Waals surface area contributed by atoms with Gasteiger partial charge in [-0.25, -0.2) is 14.8 Å². The van der Waals surface area contributed by atoms with Gasteiger partial charge in [0.15, 0.2) is 11.5 Å². The number of urea groups is 1. The van der Waals surface area contributed by atoms with Gasteiger partial charge in [0.25, 0.3) is 5.91 Å². The Morgan fingerprint density at radius 1 is 1.02 bits per heavy atom. The van der Waals surface area contributed by atoms with Crippen LogP contribution in [0.25, 0.3) is 44.7 Å². The molecule has 6 heterocycles. The monoisotopic (exact) mass is 540 g/mol. The van der Waals surface area contributed by atoms with Crippen molar-refractivity contribution in [1.82, 2.24) is 44.9 Å². The summed E-state index contributed by atoms with van der Waals surface area (Å²) in [7, 11) is 0. The fraction of sp³-hybridized carbons (Fsp3) is 0.296. The van der Waals surface area contributed by atoms with Crippen molar-refractivity contribution in [2.75, 3.05) is 44.7 Å². The maximum atomic E-state index is 13.1. The second kappa shape index (κ2) is 10.7. The van der Waals surface area contributed by atoms with Crippen LogP contribution in [0, 0.1) is 0 Å². The molecule has 0 aromatic carbocycles. The van der Waals surface area contributed by atoms with Crippen LogP contribution in [0.5, 0.6) is 0 Å². The minimum Gasteiger partial charge on any atom is -0.378 e. The van der Waals surface area contributed by atoms with Gasteiger partial charge in [-0.3, -0.25) is 19.9 Å². The fourth-order valence-electron chi connectivity index (χ4n) is 4.76. The van der Waals surface area contributed by atoms with E-state index in [0.717, 1.165) is 16.5 Å². The number of hydrogen-bond donors (Lipinski definition) is 3. The second-order valence-corrected chi connectivity index (χ2v) is 9.33. The number of aromatic amines is 2. The molecule has 1 aliphatic rings. The van der Waals surface area contributed by atoms with Crippen LogP contribution in [0.2, 0.25) is 0 Å². The van der Waals surface area contributed by atoms with E-state index in [1.54, 1.807) is 40.8 Å². The van der Waals surface area contributed by atoms with E-state index < -0.39 is 0 Å². The summed E-state index contributed by atoms with van der Waals surface area (Å²) in [5, 5.41) is 11.1. The molecular formula is C27H28N10O3. The number of rotatable bonds is 6. The number of H-pyrrole nitrogens is 2. The van der Waals surface area contributed by atoms with Gasteiger partial charge in [-0.15, -0.1) is 0 Å². The van der Waals surface area contributed by atoms with E-state index in [1.807, 2.05) is 26.0 Å². The fourth-order valence-corrected chi connectivity index (χ4v) is 4.76. The lowest BCUT2D eigenvalue weighted by Crippen LogP contribution is -2.43. The number of fused-ring (bicyclic) bond motifs is 2. The molecule has 1 fully saturated rings. The highest BCUT2D eigenvalue weighted by Gasteiger charge is 2.21. The highest BCUT2D eigenvalue weighted by molar-refractivity contribution is 6.05. The van der Waals surface area contributed by atoms with Crippen molar-refractivity contribution >= 4 is 39.7 Å². The highest BCUT2D eigenvalue weighted by Crippen LogP contribution is 2.30. The first-order valence-electron chi connectivity index (χ1n) is 13.1. The third kappa shape index (κ3) is 4.71. The van der Waals surface area contributed by atoms with Crippen LogP contribution in [0.15, 0.2) is 43.1 Å². The first-order valence-corrected chi connectivity index (χ1v) is 13.1. The first kappa shape index (κ1) is 25.4. The zero-order valence-electron chi connectivity index (χ0n) is 22.1. The number of morpholine rings is 1. The van der Waals surface area contributed by atoms with Crippen LogP contribution < -0.4 is 5.32 Å². The number of nitrogens with one attached hydrogen (secondary N) is 3. The van der Waals surface area contributed by atoms with Crippen molar-refractivity contribution in [3.8, 4) is 22.6 Å². The standard InChI is InChI=1S/C27H28N10O3/c1-3-36(4-2)26(38)20-14-29-15-21-22(20)33-25(32-21)23-19-10-17(12-30-24(19)35-34-23)16-9-18(13-28-11-16)31-27(39)37-5-7-40-8-6-37/h9-15H,3-8H2,1-2H3,(H,31,39)(H,32,33)(H,30,34,35). The Kier molecular flexibility index (Phi) is 6.78. The van der Waals surface area contributed by atoms with Crippen molar-refractivity contribution in [3.05, 3.63) is 48.7 Å².